The Labute approximate surface area is 89.9 Å². The highest BCUT2D eigenvalue weighted by molar-refractivity contribution is 9.10. The highest BCUT2D eigenvalue weighted by Crippen LogP contribution is 2.23. The van der Waals surface area contributed by atoms with Crippen LogP contribution in [0.5, 0.6) is 0 Å². The minimum atomic E-state index is -0.681. The first kappa shape index (κ1) is 12.8. The summed E-state index contributed by atoms with van der Waals surface area (Å²) in [6.07, 6.45) is 0. The molecular weight excluding hydrogens is 263 g/mol. The van der Waals surface area contributed by atoms with Crippen LogP contribution < -0.4 is 5.73 Å². The van der Waals surface area contributed by atoms with E-state index < -0.39 is 12.7 Å². The lowest BCUT2D eigenvalue weighted by Crippen LogP contribution is -2.12. The van der Waals surface area contributed by atoms with E-state index in [9.17, 15) is 8.78 Å². The van der Waals surface area contributed by atoms with Crippen LogP contribution in [0.2, 0.25) is 0 Å². The van der Waals surface area contributed by atoms with Gasteiger partial charge in [0.25, 0.3) is 0 Å². The number of benzene rings is 1. The van der Waals surface area contributed by atoms with Crippen LogP contribution in [0, 0.1) is 5.82 Å². The zero-order valence-corrected chi connectivity index (χ0v) is 9.04. The second kappa shape index (κ2) is 5.52. The van der Waals surface area contributed by atoms with E-state index in [1.165, 1.54) is 18.2 Å². The topological polar surface area (TPSA) is 26.0 Å². The molecule has 0 bridgehead atoms. The maximum absolute atomic E-state index is 12.6. The molecule has 0 heterocycles. The number of rotatable bonds is 2. The standard InChI is InChI=1S/C8H8BrF2N.ClH/c9-7-3-5(11)1-2-6(7)8(12)4-10;/h1-3,8H,4,12H2;1H/t8-;/m1./s1. The molecule has 74 valence electrons. The Morgan fingerprint density at radius 1 is 1.46 bits per heavy atom. The van der Waals surface area contributed by atoms with Crippen molar-refractivity contribution in [2.45, 2.75) is 6.04 Å². The number of halogens is 4. The first-order valence-corrected chi connectivity index (χ1v) is 4.21. The molecule has 0 amide bonds. The molecule has 0 aliphatic carbocycles. The fourth-order valence-electron chi connectivity index (χ4n) is 0.885. The molecule has 0 spiro atoms. The predicted octanol–water partition coefficient (Wildman–Crippen LogP) is 2.98. The monoisotopic (exact) mass is 271 g/mol. The van der Waals surface area contributed by atoms with Crippen LogP contribution >= 0.6 is 28.3 Å². The van der Waals surface area contributed by atoms with Gasteiger partial charge in [-0.05, 0) is 17.7 Å². The average Bonchev–Trinajstić information content (AvgIpc) is 2.03. The number of hydrogen-bond acceptors (Lipinski definition) is 1. The van der Waals surface area contributed by atoms with E-state index in [4.69, 9.17) is 5.73 Å². The Morgan fingerprint density at radius 3 is 2.54 bits per heavy atom. The van der Waals surface area contributed by atoms with Gasteiger partial charge in [-0.3, -0.25) is 0 Å². The first-order valence-electron chi connectivity index (χ1n) is 3.41. The minimum Gasteiger partial charge on any atom is -0.322 e. The van der Waals surface area contributed by atoms with Crippen molar-refractivity contribution in [2.75, 3.05) is 6.67 Å². The summed E-state index contributed by atoms with van der Waals surface area (Å²) in [6.45, 7) is -0.649. The maximum Gasteiger partial charge on any atom is 0.124 e. The van der Waals surface area contributed by atoms with E-state index in [0.29, 0.717) is 10.0 Å². The second-order valence-corrected chi connectivity index (χ2v) is 3.28. The van der Waals surface area contributed by atoms with Crippen molar-refractivity contribution < 1.29 is 8.78 Å². The normalized spacial score (nSPS) is 12.0. The molecule has 0 saturated carbocycles. The van der Waals surface area contributed by atoms with Gasteiger partial charge in [-0.15, -0.1) is 12.4 Å². The Bertz CT molecular complexity index is 283. The van der Waals surface area contributed by atoms with Crippen molar-refractivity contribution in [3.63, 3.8) is 0 Å². The zero-order chi connectivity index (χ0) is 9.14. The summed E-state index contributed by atoms with van der Waals surface area (Å²) < 4.78 is 25.2. The van der Waals surface area contributed by atoms with E-state index in [-0.39, 0.29) is 18.2 Å². The molecule has 0 radical (unpaired) electrons. The third kappa shape index (κ3) is 3.21. The summed E-state index contributed by atoms with van der Waals surface area (Å²) in [5.41, 5.74) is 6.00. The molecule has 0 aliphatic rings. The molecule has 1 nitrogen and oxygen atoms in total. The van der Waals surface area contributed by atoms with Gasteiger partial charge in [0.05, 0.1) is 6.04 Å². The number of nitrogens with two attached hydrogens (primary N) is 1. The molecule has 1 aromatic carbocycles. The van der Waals surface area contributed by atoms with Gasteiger partial charge >= 0.3 is 0 Å². The smallest absolute Gasteiger partial charge is 0.124 e. The van der Waals surface area contributed by atoms with E-state index in [2.05, 4.69) is 15.9 Å². The van der Waals surface area contributed by atoms with E-state index in [1.807, 2.05) is 0 Å². The van der Waals surface area contributed by atoms with Crippen LogP contribution in [0.1, 0.15) is 11.6 Å². The van der Waals surface area contributed by atoms with Crippen LogP contribution in [0.4, 0.5) is 8.78 Å². The van der Waals surface area contributed by atoms with Crippen molar-refractivity contribution in [1.82, 2.24) is 0 Å². The molecule has 0 unspecified atom stereocenters. The van der Waals surface area contributed by atoms with Gasteiger partial charge in [0.2, 0.25) is 0 Å². The van der Waals surface area contributed by atoms with Gasteiger partial charge in [0, 0.05) is 4.47 Å². The van der Waals surface area contributed by atoms with Gasteiger partial charge in [0.1, 0.15) is 12.5 Å². The van der Waals surface area contributed by atoms with Gasteiger partial charge in [-0.2, -0.15) is 0 Å². The maximum atomic E-state index is 12.6. The molecule has 1 aromatic rings. The lowest BCUT2D eigenvalue weighted by Gasteiger charge is -2.09. The minimum absolute atomic E-state index is 0. The van der Waals surface area contributed by atoms with E-state index in [1.54, 1.807) is 0 Å². The molecule has 1 atom stereocenters. The molecule has 0 fully saturated rings. The molecule has 13 heavy (non-hydrogen) atoms. The van der Waals surface area contributed by atoms with Gasteiger partial charge < -0.3 is 5.73 Å². The fourth-order valence-corrected chi connectivity index (χ4v) is 1.53. The highest BCUT2D eigenvalue weighted by Gasteiger charge is 2.09. The lowest BCUT2D eigenvalue weighted by molar-refractivity contribution is 0.436. The Balaban J connectivity index is 0.00000144. The largest absolute Gasteiger partial charge is 0.322 e. The molecule has 5 heteroatoms. The Kier molecular flexibility index (Phi) is 5.44. The molecule has 1 rings (SSSR count). The SMILES string of the molecule is Cl.N[C@H](CF)c1ccc(F)cc1Br. The van der Waals surface area contributed by atoms with Crippen molar-refractivity contribution in [3.8, 4) is 0 Å². The third-order valence-electron chi connectivity index (χ3n) is 1.53. The van der Waals surface area contributed by atoms with Crippen LogP contribution in [-0.4, -0.2) is 6.67 Å². The lowest BCUT2D eigenvalue weighted by atomic mass is 10.1. The summed E-state index contributed by atoms with van der Waals surface area (Å²) >= 11 is 3.10. The van der Waals surface area contributed by atoms with Gasteiger partial charge in [-0.1, -0.05) is 22.0 Å². The molecule has 0 aliphatic heterocycles. The van der Waals surface area contributed by atoms with E-state index in [0.717, 1.165) is 0 Å². The quantitative estimate of drug-likeness (QED) is 0.880. The van der Waals surface area contributed by atoms with Crippen LogP contribution in [0.15, 0.2) is 22.7 Å². The Morgan fingerprint density at radius 2 is 2.08 bits per heavy atom. The van der Waals surface area contributed by atoms with Crippen LogP contribution in [-0.2, 0) is 0 Å². The van der Waals surface area contributed by atoms with E-state index >= 15 is 0 Å². The van der Waals surface area contributed by atoms with Crippen LogP contribution in [0.3, 0.4) is 0 Å². The highest BCUT2D eigenvalue weighted by atomic mass is 79.9. The average molecular weight is 273 g/mol. The zero-order valence-electron chi connectivity index (χ0n) is 6.64. The van der Waals surface area contributed by atoms with Crippen LogP contribution in [0.25, 0.3) is 0 Å². The summed E-state index contributed by atoms with van der Waals surface area (Å²) in [6, 6.07) is 3.32. The van der Waals surface area contributed by atoms with Gasteiger partial charge in [-0.25, -0.2) is 8.78 Å². The molecule has 0 aromatic heterocycles. The summed E-state index contributed by atoms with van der Waals surface area (Å²) in [5.74, 6) is -0.364. The summed E-state index contributed by atoms with van der Waals surface area (Å²) in [7, 11) is 0. The number of hydrogen-bond donors (Lipinski definition) is 1. The second-order valence-electron chi connectivity index (χ2n) is 2.43. The summed E-state index contributed by atoms with van der Waals surface area (Å²) in [5, 5.41) is 0. The third-order valence-corrected chi connectivity index (χ3v) is 2.21. The fraction of sp³-hybridized carbons (Fsp3) is 0.250. The Hall–Kier alpha value is -0.190. The van der Waals surface area contributed by atoms with Crippen molar-refractivity contribution in [2.24, 2.45) is 5.73 Å². The summed E-state index contributed by atoms with van der Waals surface area (Å²) in [4.78, 5) is 0. The van der Waals surface area contributed by atoms with Crippen molar-refractivity contribution >= 4 is 28.3 Å². The first-order chi connectivity index (χ1) is 5.65. The van der Waals surface area contributed by atoms with Crippen molar-refractivity contribution in [3.05, 3.63) is 34.1 Å². The van der Waals surface area contributed by atoms with Gasteiger partial charge in [0.15, 0.2) is 0 Å². The van der Waals surface area contributed by atoms with Crippen molar-refractivity contribution in [1.29, 1.82) is 0 Å². The molecule has 2 N–H and O–H groups in total. The number of alkyl halides is 1. The molecule has 0 saturated heterocycles. The molecular formula is C8H9BrClF2N. The predicted molar refractivity (Wildman–Crippen MR) is 54.3 cm³/mol.